The largest absolute Gasteiger partial charge is 0.346 e. The third-order valence-corrected chi connectivity index (χ3v) is 7.83. The lowest BCUT2D eigenvalue weighted by atomic mass is 9.92. The number of rotatable bonds is 7. The Bertz CT molecular complexity index is 761. The lowest BCUT2D eigenvalue weighted by molar-refractivity contribution is 0.779. The summed E-state index contributed by atoms with van der Waals surface area (Å²) in [4.78, 5) is 5.48. The Hall–Kier alpha value is -1.53. The quantitative estimate of drug-likeness (QED) is 0.403. The summed E-state index contributed by atoms with van der Waals surface area (Å²) in [5.41, 5.74) is 9.00. The van der Waals surface area contributed by atoms with E-state index < -0.39 is 0 Å². The molecule has 1 aliphatic heterocycles. The van der Waals surface area contributed by atoms with Crippen LogP contribution in [0.5, 0.6) is 0 Å². The fourth-order valence-corrected chi connectivity index (χ4v) is 6.23. The van der Waals surface area contributed by atoms with Gasteiger partial charge in [-0.1, -0.05) is 100 Å². The van der Waals surface area contributed by atoms with Gasteiger partial charge in [-0.2, -0.15) is 0 Å². The molecule has 170 valence electrons. The van der Waals surface area contributed by atoms with Gasteiger partial charge < -0.3 is 9.80 Å². The second-order valence-electron chi connectivity index (χ2n) is 10.2. The third-order valence-electron chi connectivity index (χ3n) is 6.69. The Morgan fingerprint density at radius 3 is 1.13 bits per heavy atom. The van der Waals surface area contributed by atoms with E-state index >= 15 is 0 Å². The topological polar surface area (TPSA) is 6.48 Å². The second-order valence-corrected chi connectivity index (χ2v) is 11.3. The van der Waals surface area contributed by atoms with Crippen molar-refractivity contribution in [2.45, 2.75) is 85.0 Å². The molecule has 1 aliphatic rings. The van der Waals surface area contributed by atoms with Gasteiger partial charge in [0.15, 0.2) is 0 Å². The van der Waals surface area contributed by atoms with Crippen molar-refractivity contribution in [3.8, 4) is 0 Å². The first-order valence-electron chi connectivity index (χ1n) is 12.1. The third kappa shape index (κ3) is 4.65. The molecule has 3 rings (SSSR count). The zero-order valence-electron chi connectivity index (χ0n) is 21.2. The van der Waals surface area contributed by atoms with Crippen LogP contribution in [-0.4, -0.2) is 25.7 Å². The van der Waals surface area contributed by atoms with Gasteiger partial charge in [0, 0.05) is 24.5 Å². The molecule has 2 nitrogen and oxygen atoms in total. The van der Waals surface area contributed by atoms with E-state index in [0.29, 0.717) is 29.6 Å². The highest BCUT2D eigenvalue weighted by atomic mass is 31.1. The summed E-state index contributed by atoms with van der Waals surface area (Å²) in [6, 6.07) is 13.9. The highest BCUT2D eigenvalue weighted by molar-refractivity contribution is 7.38. The predicted molar refractivity (Wildman–Crippen MR) is 142 cm³/mol. The van der Waals surface area contributed by atoms with E-state index in [9.17, 15) is 0 Å². The molecule has 1 heterocycles. The van der Waals surface area contributed by atoms with Crippen LogP contribution in [0.3, 0.4) is 0 Å². The van der Waals surface area contributed by atoms with Gasteiger partial charge in [-0.15, -0.1) is 0 Å². The first-order valence-corrected chi connectivity index (χ1v) is 13.7. The second kappa shape index (κ2) is 9.95. The average molecular weight is 439 g/mol. The normalized spacial score (nSPS) is 15.8. The van der Waals surface area contributed by atoms with Gasteiger partial charge in [-0.25, -0.2) is 0 Å². The van der Waals surface area contributed by atoms with Gasteiger partial charge in [0.1, 0.15) is 5.91 Å². The maximum absolute atomic E-state index is 2.74. The van der Waals surface area contributed by atoms with Crippen molar-refractivity contribution in [2.75, 3.05) is 29.6 Å². The van der Waals surface area contributed by atoms with Crippen LogP contribution in [0.2, 0.25) is 0 Å². The number of hydrogen-bond donors (Lipinski definition) is 0. The van der Waals surface area contributed by atoms with Gasteiger partial charge in [0.05, 0.1) is 0 Å². The molecule has 1 saturated heterocycles. The molecule has 2 aromatic carbocycles. The molecule has 0 saturated carbocycles. The molecule has 1 fully saturated rings. The van der Waals surface area contributed by atoms with Crippen molar-refractivity contribution in [1.29, 1.82) is 0 Å². The Labute approximate surface area is 193 Å². The molecule has 1 atom stereocenters. The van der Waals surface area contributed by atoms with Crippen LogP contribution < -0.4 is 9.80 Å². The molecule has 0 aliphatic carbocycles. The Morgan fingerprint density at radius 1 is 0.613 bits per heavy atom. The Kier molecular flexibility index (Phi) is 7.74. The van der Waals surface area contributed by atoms with Crippen LogP contribution in [0.1, 0.15) is 101 Å². The minimum Gasteiger partial charge on any atom is -0.346 e. The number of hydrogen-bond acceptors (Lipinski definition) is 2. The first kappa shape index (κ1) is 24.1. The van der Waals surface area contributed by atoms with Crippen molar-refractivity contribution in [3.05, 3.63) is 58.7 Å². The van der Waals surface area contributed by atoms with Crippen molar-refractivity contribution in [2.24, 2.45) is 0 Å². The lowest BCUT2D eigenvalue weighted by Crippen LogP contribution is -2.37. The highest BCUT2D eigenvalue weighted by Crippen LogP contribution is 2.45. The molecule has 0 bridgehead atoms. The van der Waals surface area contributed by atoms with E-state index in [2.05, 4.69) is 108 Å². The summed E-state index contributed by atoms with van der Waals surface area (Å²) in [6.07, 6.45) is 0. The van der Waals surface area contributed by atoms with Gasteiger partial charge in [-0.3, -0.25) is 0 Å². The van der Waals surface area contributed by atoms with Crippen molar-refractivity contribution < 1.29 is 0 Å². The molecular formula is C28H43N2P. The maximum Gasteiger partial charge on any atom is 0.118 e. The summed E-state index contributed by atoms with van der Waals surface area (Å²) >= 11 is 0. The average Bonchev–Trinajstić information content (AvgIpc) is 3.15. The van der Waals surface area contributed by atoms with Crippen LogP contribution in [-0.2, 0) is 0 Å². The Balaban J connectivity index is 2.15. The van der Waals surface area contributed by atoms with Crippen LogP contribution in [0.4, 0.5) is 11.4 Å². The highest BCUT2D eigenvalue weighted by Gasteiger charge is 2.36. The minimum absolute atomic E-state index is 0.426. The van der Waals surface area contributed by atoms with Crippen molar-refractivity contribution >= 4 is 20.0 Å². The molecule has 3 heteroatoms. The van der Waals surface area contributed by atoms with Crippen LogP contribution in [0, 0.1) is 0 Å². The maximum atomic E-state index is 2.74. The summed E-state index contributed by atoms with van der Waals surface area (Å²) in [5, 5.41) is 0. The summed E-state index contributed by atoms with van der Waals surface area (Å²) in [5.74, 6) is 2.53. The van der Waals surface area contributed by atoms with Gasteiger partial charge >= 0.3 is 0 Å². The molecule has 2 aromatic rings. The predicted octanol–water partition coefficient (Wildman–Crippen LogP) is 8.10. The summed E-state index contributed by atoms with van der Waals surface area (Å²) < 4.78 is 0. The van der Waals surface area contributed by atoms with Crippen LogP contribution in [0.15, 0.2) is 36.4 Å². The molecule has 1 unspecified atom stereocenters. The molecule has 0 radical (unpaired) electrons. The van der Waals surface area contributed by atoms with Crippen molar-refractivity contribution in [3.63, 3.8) is 0 Å². The van der Waals surface area contributed by atoms with Crippen molar-refractivity contribution in [1.82, 2.24) is 0 Å². The van der Waals surface area contributed by atoms with E-state index in [1.807, 2.05) is 0 Å². The smallest absolute Gasteiger partial charge is 0.118 e. The fraction of sp³-hybridized carbons (Fsp3) is 0.571. The SMILES string of the molecule is CPC1N(c2c(C(C)C)cccc2C(C)C)CCN1c1c(C(C)C)cccc1C(C)C. The first-order chi connectivity index (χ1) is 14.7. The lowest BCUT2D eigenvalue weighted by Gasteiger charge is -2.37. The van der Waals surface area contributed by atoms with Gasteiger partial charge in [0.2, 0.25) is 0 Å². The molecule has 31 heavy (non-hydrogen) atoms. The number of para-hydroxylation sites is 2. The van der Waals surface area contributed by atoms with E-state index in [1.165, 1.54) is 33.6 Å². The van der Waals surface area contributed by atoms with Gasteiger partial charge in [0.25, 0.3) is 0 Å². The van der Waals surface area contributed by atoms with E-state index in [0.717, 1.165) is 21.7 Å². The van der Waals surface area contributed by atoms with Crippen LogP contribution >= 0.6 is 8.58 Å². The van der Waals surface area contributed by atoms with Crippen LogP contribution in [0.25, 0.3) is 0 Å². The van der Waals surface area contributed by atoms with E-state index in [-0.39, 0.29) is 0 Å². The van der Waals surface area contributed by atoms with E-state index in [1.54, 1.807) is 0 Å². The molecule has 0 N–H and O–H groups in total. The molecule has 0 aromatic heterocycles. The zero-order chi connectivity index (χ0) is 22.9. The zero-order valence-corrected chi connectivity index (χ0v) is 22.2. The summed E-state index contributed by atoms with van der Waals surface area (Å²) in [6.45, 7) is 23.3. The fourth-order valence-electron chi connectivity index (χ4n) is 5.09. The van der Waals surface area contributed by atoms with E-state index in [4.69, 9.17) is 0 Å². The monoisotopic (exact) mass is 438 g/mol. The minimum atomic E-state index is 0.426. The van der Waals surface area contributed by atoms with Gasteiger partial charge in [-0.05, 0) is 52.6 Å². The number of nitrogens with zero attached hydrogens (tertiary/aromatic N) is 2. The molecular weight excluding hydrogens is 395 g/mol. The Morgan fingerprint density at radius 2 is 0.903 bits per heavy atom. The molecule has 0 spiro atoms. The molecule has 0 amide bonds. The summed E-state index contributed by atoms with van der Waals surface area (Å²) in [7, 11) is 0.835. The number of benzene rings is 2. The standard InChI is InChI=1S/C28H43N2P/c1-18(2)22-12-10-13-23(19(3)4)26(22)29-16-17-30(28(29)31-9)27-24(20(5)6)14-11-15-25(27)21(7)8/h10-15,18-21,28,31H,16-17H2,1-9H3. The number of anilines is 2.